The van der Waals surface area contributed by atoms with Gasteiger partial charge in [0.1, 0.15) is 11.6 Å². The first-order valence-electron chi connectivity index (χ1n) is 7.83. The molecule has 3 rings (SSSR count). The Labute approximate surface area is 139 Å². The largest absolute Gasteiger partial charge is 0.497 e. The molecule has 0 unspecified atom stereocenters. The van der Waals surface area contributed by atoms with Crippen LogP contribution >= 0.6 is 0 Å². The maximum Gasteiger partial charge on any atom is 0.331 e. The molecule has 1 aliphatic heterocycles. The van der Waals surface area contributed by atoms with Gasteiger partial charge < -0.3 is 9.84 Å². The number of hydrogen-bond acceptors (Lipinski definition) is 4. The Kier molecular flexibility index (Phi) is 4.53. The number of carboxylic acids is 1. The number of ether oxygens (including phenoxy) is 1. The summed E-state index contributed by atoms with van der Waals surface area (Å²) >= 11 is 0. The lowest BCUT2D eigenvalue weighted by molar-refractivity contribution is -0.151. The van der Waals surface area contributed by atoms with Gasteiger partial charge in [0.05, 0.1) is 7.11 Å². The molecule has 1 saturated heterocycles. The minimum absolute atomic E-state index is 0.280. The molecule has 6 nitrogen and oxygen atoms in total. The van der Waals surface area contributed by atoms with Gasteiger partial charge in [0.15, 0.2) is 5.54 Å². The van der Waals surface area contributed by atoms with Gasteiger partial charge in [-0.2, -0.15) is 5.10 Å². The van der Waals surface area contributed by atoms with Crippen LogP contribution in [0.25, 0.3) is 0 Å². The van der Waals surface area contributed by atoms with Gasteiger partial charge in [-0.15, -0.1) is 0 Å². The van der Waals surface area contributed by atoms with Crippen LogP contribution in [0, 0.1) is 5.82 Å². The number of nitrogens with zero attached hydrogens (tertiary/aromatic N) is 3. The van der Waals surface area contributed by atoms with E-state index in [1.165, 1.54) is 10.7 Å². The van der Waals surface area contributed by atoms with E-state index >= 15 is 0 Å². The summed E-state index contributed by atoms with van der Waals surface area (Å²) in [5, 5.41) is 13.8. The summed E-state index contributed by atoms with van der Waals surface area (Å²) < 4.78 is 20.6. The van der Waals surface area contributed by atoms with Crippen LogP contribution < -0.4 is 4.74 Å². The van der Waals surface area contributed by atoms with Crippen LogP contribution in [0.5, 0.6) is 5.75 Å². The maximum absolute atomic E-state index is 14.0. The second-order valence-corrected chi connectivity index (χ2v) is 6.02. The first kappa shape index (κ1) is 16.4. The minimum atomic E-state index is -1.02. The molecule has 1 aromatic carbocycles. The highest BCUT2D eigenvalue weighted by Crippen LogP contribution is 2.31. The summed E-state index contributed by atoms with van der Waals surface area (Å²) in [6.45, 7) is 1.55. The van der Waals surface area contributed by atoms with E-state index < -0.39 is 11.5 Å². The molecular weight excluding hydrogens is 313 g/mol. The molecule has 0 radical (unpaired) electrons. The molecule has 0 atom stereocenters. The SMILES string of the molecule is COc1ccc(F)c(CN2CCC(C(=O)O)(n3cccn3)CC2)c1. The van der Waals surface area contributed by atoms with E-state index in [9.17, 15) is 14.3 Å². The molecule has 0 aliphatic carbocycles. The van der Waals surface area contributed by atoms with Crippen LogP contribution in [0.15, 0.2) is 36.7 Å². The zero-order valence-electron chi connectivity index (χ0n) is 13.5. The third-order valence-corrected chi connectivity index (χ3v) is 4.67. The average molecular weight is 333 g/mol. The molecule has 7 heteroatoms. The standard InChI is InChI=1S/C17H20FN3O3/c1-24-14-3-4-15(18)13(11-14)12-20-9-5-17(6-10-20,16(22)23)21-8-2-7-19-21/h2-4,7-8,11H,5-6,9-10,12H2,1H3,(H,22,23). The molecule has 0 spiro atoms. The highest BCUT2D eigenvalue weighted by atomic mass is 19.1. The number of aromatic nitrogens is 2. The van der Waals surface area contributed by atoms with Gasteiger partial charge in [-0.25, -0.2) is 9.18 Å². The fourth-order valence-electron chi connectivity index (χ4n) is 3.18. The van der Waals surface area contributed by atoms with Crippen molar-refractivity contribution in [2.24, 2.45) is 0 Å². The Morgan fingerprint density at radius 3 is 2.75 bits per heavy atom. The second kappa shape index (κ2) is 6.60. The number of hydrogen-bond donors (Lipinski definition) is 1. The molecule has 128 valence electrons. The molecule has 2 aromatic rings. The summed E-state index contributed by atoms with van der Waals surface area (Å²) in [4.78, 5) is 13.9. The monoisotopic (exact) mass is 333 g/mol. The number of piperidine rings is 1. The van der Waals surface area contributed by atoms with Crippen molar-refractivity contribution in [2.75, 3.05) is 20.2 Å². The topological polar surface area (TPSA) is 67.6 Å². The van der Waals surface area contributed by atoms with Crippen molar-refractivity contribution in [3.8, 4) is 5.75 Å². The molecular formula is C17H20FN3O3. The van der Waals surface area contributed by atoms with Gasteiger partial charge in [0.25, 0.3) is 0 Å². The highest BCUT2D eigenvalue weighted by molar-refractivity contribution is 5.76. The molecule has 0 bridgehead atoms. The van der Waals surface area contributed by atoms with Crippen LogP contribution in [0.3, 0.4) is 0 Å². The lowest BCUT2D eigenvalue weighted by Gasteiger charge is -2.39. The quantitative estimate of drug-likeness (QED) is 0.908. The van der Waals surface area contributed by atoms with E-state index in [-0.39, 0.29) is 5.82 Å². The van der Waals surface area contributed by atoms with Crippen LogP contribution in [0.1, 0.15) is 18.4 Å². The predicted octanol–water partition coefficient (Wildman–Crippen LogP) is 2.11. The summed E-state index contributed by atoms with van der Waals surface area (Å²) in [6.07, 6.45) is 4.12. The maximum atomic E-state index is 14.0. The number of rotatable bonds is 5. The predicted molar refractivity (Wildman–Crippen MR) is 85.3 cm³/mol. The number of likely N-dealkylation sites (tertiary alicyclic amines) is 1. The third-order valence-electron chi connectivity index (χ3n) is 4.67. The van der Waals surface area contributed by atoms with E-state index in [1.807, 2.05) is 0 Å². The molecule has 1 aromatic heterocycles. The van der Waals surface area contributed by atoms with Gasteiger partial charge >= 0.3 is 5.97 Å². The first-order valence-corrected chi connectivity index (χ1v) is 7.83. The molecule has 0 saturated carbocycles. The van der Waals surface area contributed by atoms with Crippen molar-refractivity contribution in [1.82, 2.24) is 14.7 Å². The van der Waals surface area contributed by atoms with E-state index in [1.54, 1.807) is 37.7 Å². The molecule has 1 aliphatic rings. The molecule has 24 heavy (non-hydrogen) atoms. The number of benzene rings is 1. The summed E-state index contributed by atoms with van der Waals surface area (Å²) in [5.74, 6) is -0.545. The van der Waals surface area contributed by atoms with E-state index in [0.29, 0.717) is 43.8 Å². The number of halogens is 1. The van der Waals surface area contributed by atoms with E-state index in [0.717, 1.165) is 0 Å². The van der Waals surface area contributed by atoms with Crippen LogP contribution in [-0.2, 0) is 16.9 Å². The van der Waals surface area contributed by atoms with E-state index in [4.69, 9.17) is 4.74 Å². The van der Waals surface area contributed by atoms with Gasteiger partial charge in [-0.1, -0.05) is 0 Å². The Morgan fingerprint density at radius 1 is 1.42 bits per heavy atom. The van der Waals surface area contributed by atoms with Crippen LogP contribution in [-0.4, -0.2) is 46.0 Å². The Balaban J connectivity index is 1.72. The third kappa shape index (κ3) is 2.99. The van der Waals surface area contributed by atoms with Crippen molar-refractivity contribution in [2.45, 2.75) is 24.9 Å². The van der Waals surface area contributed by atoms with Gasteiger partial charge in [-0.05, 0) is 37.1 Å². The molecule has 0 amide bonds. The summed E-state index contributed by atoms with van der Waals surface area (Å²) in [7, 11) is 1.54. The van der Waals surface area contributed by atoms with Gasteiger partial charge in [-0.3, -0.25) is 9.58 Å². The van der Waals surface area contributed by atoms with Crippen molar-refractivity contribution in [3.05, 3.63) is 48.0 Å². The lowest BCUT2D eigenvalue weighted by atomic mass is 9.87. The summed E-state index contributed by atoms with van der Waals surface area (Å²) in [6, 6.07) is 6.39. The summed E-state index contributed by atoms with van der Waals surface area (Å²) in [5.41, 5.74) is -0.469. The zero-order chi connectivity index (χ0) is 17.2. The van der Waals surface area contributed by atoms with Crippen molar-refractivity contribution in [1.29, 1.82) is 0 Å². The van der Waals surface area contributed by atoms with Crippen molar-refractivity contribution in [3.63, 3.8) is 0 Å². The van der Waals surface area contributed by atoms with Crippen LogP contribution in [0.2, 0.25) is 0 Å². The Bertz CT molecular complexity index is 710. The number of carbonyl (C=O) groups is 1. The fourth-order valence-corrected chi connectivity index (χ4v) is 3.18. The fraction of sp³-hybridized carbons (Fsp3) is 0.412. The van der Waals surface area contributed by atoms with Crippen LogP contribution in [0.4, 0.5) is 4.39 Å². The Hall–Kier alpha value is -2.41. The smallest absolute Gasteiger partial charge is 0.331 e. The number of aliphatic carboxylic acids is 1. The number of methoxy groups -OCH3 is 1. The molecule has 2 heterocycles. The van der Waals surface area contributed by atoms with Gasteiger partial charge in [0, 0.05) is 37.6 Å². The number of carboxylic acid groups (broad SMARTS) is 1. The Morgan fingerprint density at radius 2 is 2.17 bits per heavy atom. The lowest BCUT2D eigenvalue weighted by Crippen LogP contribution is -2.51. The highest BCUT2D eigenvalue weighted by Gasteiger charge is 2.43. The van der Waals surface area contributed by atoms with Crippen molar-refractivity contribution >= 4 is 5.97 Å². The van der Waals surface area contributed by atoms with Crippen molar-refractivity contribution < 1.29 is 19.0 Å². The first-order chi connectivity index (χ1) is 11.5. The normalized spacial score (nSPS) is 17.6. The molecule has 1 N–H and O–H groups in total. The average Bonchev–Trinajstić information content (AvgIpc) is 3.12. The van der Waals surface area contributed by atoms with E-state index in [2.05, 4.69) is 10.00 Å². The minimum Gasteiger partial charge on any atom is -0.497 e. The molecule has 1 fully saturated rings. The zero-order valence-corrected chi connectivity index (χ0v) is 13.5. The van der Waals surface area contributed by atoms with Gasteiger partial charge in [0.2, 0.25) is 0 Å². The second-order valence-electron chi connectivity index (χ2n) is 6.02.